The number of rotatable bonds is 5. The zero-order chi connectivity index (χ0) is 13.8. The van der Waals surface area contributed by atoms with Crippen LogP contribution in [0.25, 0.3) is 10.8 Å². The highest BCUT2D eigenvalue weighted by atomic mass is 32.2. The van der Waals surface area contributed by atoms with Crippen LogP contribution in [0, 0.1) is 6.92 Å². The second-order valence-corrected chi connectivity index (χ2v) is 6.41. The molecule has 20 heavy (non-hydrogen) atoms. The molecule has 0 aliphatic heterocycles. The first-order chi connectivity index (χ1) is 9.83. The zero-order valence-corrected chi connectivity index (χ0v) is 12.8. The van der Waals surface area contributed by atoms with Gasteiger partial charge in [0.25, 0.3) is 0 Å². The molecule has 0 bridgehead atoms. The molecule has 2 heterocycles. The Bertz CT molecular complexity index is 659. The first-order valence-corrected chi connectivity index (χ1v) is 8.48. The molecule has 0 amide bonds. The molecule has 2 nitrogen and oxygen atoms in total. The van der Waals surface area contributed by atoms with Gasteiger partial charge >= 0.3 is 0 Å². The maximum atomic E-state index is 5.75. The van der Waals surface area contributed by atoms with Crippen molar-refractivity contribution >= 4 is 23.1 Å². The van der Waals surface area contributed by atoms with Crippen LogP contribution in [0.1, 0.15) is 17.0 Å². The molecule has 3 aromatic rings. The van der Waals surface area contributed by atoms with Crippen LogP contribution in [0.2, 0.25) is 0 Å². The average molecular weight is 301 g/mol. The Kier molecular flexibility index (Phi) is 4.23. The van der Waals surface area contributed by atoms with Crippen molar-refractivity contribution in [3.8, 4) is 10.8 Å². The third-order valence-electron chi connectivity index (χ3n) is 2.97. The summed E-state index contributed by atoms with van der Waals surface area (Å²) in [6, 6.07) is 14.6. The summed E-state index contributed by atoms with van der Waals surface area (Å²) in [5, 5.41) is 2.04. The minimum atomic E-state index is 0.743. The Morgan fingerprint density at radius 2 is 1.95 bits per heavy atom. The van der Waals surface area contributed by atoms with Crippen LogP contribution < -0.4 is 0 Å². The summed E-state index contributed by atoms with van der Waals surface area (Å²) in [5.74, 6) is 3.55. The molecule has 2 aromatic heterocycles. The predicted octanol–water partition coefficient (Wildman–Crippen LogP) is 5.14. The van der Waals surface area contributed by atoms with E-state index in [4.69, 9.17) is 4.42 Å². The summed E-state index contributed by atoms with van der Waals surface area (Å²) in [6.45, 7) is 1.99. The second-order valence-electron chi connectivity index (χ2n) is 4.48. The van der Waals surface area contributed by atoms with Crippen LogP contribution in [0.15, 0.2) is 52.3 Å². The zero-order valence-electron chi connectivity index (χ0n) is 11.2. The fourth-order valence-corrected chi connectivity index (χ4v) is 3.55. The molecule has 0 N–H and O–H groups in total. The Hall–Kier alpha value is -1.52. The number of hydrogen-bond acceptors (Lipinski definition) is 4. The molecule has 0 saturated heterocycles. The molecule has 3 rings (SSSR count). The van der Waals surface area contributed by atoms with Crippen molar-refractivity contribution in [2.45, 2.75) is 18.4 Å². The standard InChI is InChI=1S/C16H15NOS2/c1-12-14(11-19-10-13-6-3-2-4-7-13)17-16(18-12)15-8-5-9-20-15/h2-9H,10-11H2,1H3. The lowest BCUT2D eigenvalue weighted by Crippen LogP contribution is -1.86. The van der Waals surface area contributed by atoms with Gasteiger partial charge in [-0.25, -0.2) is 4.98 Å². The number of hydrogen-bond donors (Lipinski definition) is 0. The van der Waals surface area contributed by atoms with E-state index in [1.807, 2.05) is 42.3 Å². The molecule has 4 heteroatoms. The molecule has 0 atom stereocenters. The molecule has 1 aromatic carbocycles. The van der Waals surface area contributed by atoms with Gasteiger partial charge in [-0.1, -0.05) is 36.4 Å². The van der Waals surface area contributed by atoms with E-state index in [9.17, 15) is 0 Å². The summed E-state index contributed by atoms with van der Waals surface area (Å²) in [4.78, 5) is 5.70. The summed E-state index contributed by atoms with van der Waals surface area (Å²) in [6.07, 6.45) is 0. The van der Waals surface area contributed by atoms with Crippen LogP contribution in [-0.4, -0.2) is 4.98 Å². The van der Waals surface area contributed by atoms with Gasteiger partial charge in [0, 0.05) is 11.5 Å². The quantitative estimate of drug-likeness (QED) is 0.652. The van der Waals surface area contributed by atoms with Crippen molar-refractivity contribution in [2.24, 2.45) is 0 Å². The Labute approximate surface area is 126 Å². The van der Waals surface area contributed by atoms with E-state index in [1.165, 1.54) is 5.56 Å². The first kappa shape index (κ1) is 13.5. The Morgan fingerprint density at radius 1 is 1.10 bits per heavy atom. The summed E-state index contributed by atoms with van der Waals surface area (Å²) in [5.41, 5.74) is 2.39. The van der Waals surface area contributed by atoms with Crippen LogP contribution in [0.4, 0.5) is 0 Å². The van der Waals surface area contributed by atoms with Crippen molar-refractivity contribution in [2.75, 3.05) is 0 Å². The number of aromatic nitrogens is 1. The Balaban J connectivity index is 1.63. The van der Waals surface area contributed by atoms with Crippen molar-refractivity contribution in [3.05, 3.63) is 64.9 Å². The van der Waals surface area contributed by atoms with Crippen LogP contribution in [0.5, 0.6) is 0 Å². The molecule has 0 saturated carbocycles. The fourth-order valence-electron chi connectivity index (χ4n) is 1.91. The van der Waals surface area contributed by atoms with Gasteiger partial charge in [-0.3, -0.25) is 0 Å². The minimum absolute atomic E-state index is 0.743. The van der Waals surface area contributed by atoms with E-state index < -0.39 is 0 Å². The van der Waals surface area contributed by atoms with Crippen molar-refractivity contribution in [3.63, 3.8) is 0 Å². The molecular weight excluding hydrogens is 286 g/mol. The monoisotopic (exact) mass is 301 g/mol. The van der Waals surface area contributed by atoms with E-state index >= 15 is 0 Å². The normalized spacial score (nSPS) is 10.8. The molecule has 0 spiro atoms. The molecule has 0 aliphatic carbocycles. The summed E-state index contributed by atoms with van der Waals surface area (Å²) >= 11 is 3.52. The highest BCUT2D eigenvalue weighted by molar-refractivity contribution is 7.97. The number of benzene rings is 1. The van der Waals surface area contributed by atoms with Crippen LogP contribution in [-0.2, 0) is 11.5 Å². The highest BCUT2D eigenvalue weighted by Gasteiger charge is 2.11. The first-order valence-electron chi connectivity index (χ1n) is 6.45. The third kappa shape index (κ3) is 3.14. The predicted molar refractivity (Wildman–Crippen MR) is 86.0 cm³/mol. The third-order valence-corrected chi connectivity index (χ3v) is 4.85. The maximum absolute atomic E-state index is 5.75. The molecular formula is C16H15NOS2. The SMILES string of the molecule is Cc1oc(-c2cccs2)nc1CSCc1ccccc1. The molecule has 0 fully saturated rings. The van der Waals surface area contributed by atoms with Crippen molar-refractivity contribution in [1.82, 2.24) is 4.98 Å². The fraction of sp³-hybridized carbons (Fsp3) is 0.188. The van der Waals surface area contributed by atoms with Gasteiger partial charge in [-0.15, -0.1) is 11.3 Å². The largest absolute Gasteiger partial charge is 0.440 e. The topological polar surface area (TPSA) is 26.0 Å². The highest BCUT2D eigenvalue weighted by Crippen LogP contribution is 2.28. The lowest BCUT2D eigenvalue weighted by molar-refractivity contribution is 0.542. The van der Waals surface area contributed by atoms with E-state index in [-0.39, 0.29) is 0 Å². The molecule has 0 radical (unpaired) electrons. The summed E-state index contributed by atoms with van der Waals surface area (Å²) in [7, 11) is 0. The van der Waals surface area contributed by atoms with Gasteiger partial charge in [-0.2, -0.15) is 11.8 Å². The van der Waals surface area contributed by atoms with E-state index in [0.717, 1.165) is 33.7 Å². The van der Waals surface area contributed by atoms with Gasteiger partial charge in [-0.05, 0) is 23.9 Å². The van der Waals surface area contributed by atoms with Gasteiger partial charge < -0.3 is 4.42 Å². The number of nitrogens with zero attached hydrogens (tertiary/aromatic N) is 1. The number of aryl methyl sites for hydroxylation is 1. The second kappa shape index (κ2) is 6.29. The Morgan fingerprint density at radius 3 is 2.70 bits per heavy atom. The number of thiophene rings is 1. The van der Waals surface area contributed by atoms with Crippen LogP contribution in [0.3, 0.4) is 0 Å². The molecule has 0 unspecified atom stereocenters. The van der Waals surface area contributed by atoms with Crippen molar-refractivity contribution < 1.29 is 4.42 Å². The smallest absolute Gasteiger partial charge is 0.236 e. The average Bonchev–Trinajstić information content (AvgIpc) is 3.10. The number of thioether (sulfide) groups is 1. The maximum Gasteiger partial charge on any atom is 0.236 e. The van der Waals surface area contributed by atoms with E-state index in [2.05, 4.69) is 29.2 Å². The van der Waals surface area contributed by atoms with Gasteiger partial charge in [0.15, 0.2) is 0 Å². The molecule has 102 valence electrons. The van der Waals surface area contributed by atoms with E-state index in [0.29, 0.717) is 0 Å². The van der Waals surface area contributed by atoms with Gasteiger partial charge in [0.2, 0.25) is 5.89 Å². The van der Waals surface area contributed by atoms with Crippen LogP contribution >= 0.6 is 23.1 Å². The van der Waals surface area contributed by atoms with Crippen molar-refractivity contribution in [1.29, 1.82) is 0 Å². The van der Waals surface area contributed by atoms with Gasteiger partial charge in [0.1, 0.15) is 5.76 Å². The lowest BCUT2D eigenvalue weighted by atomic mass is 10.2. The number of oxazole rings is 1. The minimum Gasteiger partial charge on any atom is -0.440 e. The van der Waals surface area contributed by atoms with Gasteiger partial charge in [0.05, 0.1) is 10.6 Å². The lowest BCUT2D eigenvalue weighted by Gasteiger charge is -1.99. The summed E-state index contributed by atoms with van der Waals surface area (Å²) < 4.78 is 5.75. The molecule has 0 aliphatic rings. The van der Waals surface area contributed by atoms with E-state index in [1.54, 1.807) is 11.3 Å².